The fourth-order valence-electron chi connectivity index (χ4n) is 0.939. The maximum atomic E-state index is 5.81. The summed E-state index contributed by atoms with van der Waals surface area (Å²) < 4.78 is 11.6. The van der Waals surface area contributed by atoms with E-state index in [-0.39, 0.29) is 0 Å². The van der Waals surface area contributed by atoms with Crippen LogP contribution in [-0.4, -0.2) is 19.3 Å². The zero-order valence-corrected chi connectivity index (χ0v) is 9.71. The lowest BCUT2D eigenvalue weighted by Gasteiger charge is -2.06. The molecule has 1 aliphatic heterocycles. The van der Waals surface area contributed by atoms with E-state index in [2.05, 4.69) is 22.6 Å². The number of ether oxygens (including phenoxy) is 2. The summed E-state index contributed by atoms with van der Waals surface area (Å²) in [7, 11) is 0. The van der Waals surface area contributed by atoms with Gasteiger partial charge in [0.15, 0.2) is 0 Å². The molecule has 0 radical (unpaired) electrons. The summed E-state index contributed by atoms with van der Waals surface area (Å²) in [6.07, 6.45) is 0.298. The van der Waals surface area contributed by atoms with Crippen LogP contribution in [0, 0.1) is 3.57 Å². The molecule has 0 bridgehead atoms. The van der Waals surface area contributed by atoms with Gasteiger partial charge in [-0.05, 0) is 40.8 Å². The van der Waals surface area contributed by atoms with Crippen LogP contribution in [0.1, 0.15) is 0 Å². The van der Waals surface area contributed by atoms with Crippen molar-refractivity contribution in [2.24, 2.45) is 0 Å². The quantitative estimate of drug-likeness (QED) is 0.632. The van der Waals surface area contributed by atoms with Crippen LogP contribution in [0.4, 0.5) is 0 Å². The van der Waals surface area contributed by atoms with E-state index in [1.165, 1.54) is 0 Å². The van der Waals surface area contributed by atoms with Crippen LogP contribution in [0.2, 0.25) is 5.02 Å². The molecule has 1 saturated heterocycles. The summed E-state index contributed by atoms with van der Waals surface area (Å²) in [4.78, 5) is 0. The third-order valence-corrected chi connectivity index (χ3v) is 2.80. The Morgan fingerprint density at radius 2 is 2.38 bits per heavy atom. The van der Waals surface area contributed by atoms with Gasteiger partial charge in [0, 0.05) is 5.02 Å². The fraction of sp³-hybridized carbons (Fsp3) is 0.333. The van der Waals surface area contributed by atoms with Gasteiger partial charge in [0.25, 0.3) is 0 Å². The summed E-state index contributed by atoms with van der Waals surface area (Å²) in [5.74, 6) is 0.875. The number of rotatable bonds is 3. The van der Waals surface area contributed by atoms with Crippen molar-refractivity contribution >= 4 is 34.2 Å². The second-order valence-electron chi connectivity index (χ2n) is 2.84. The van der Waals surface area contributed by atoms with Crippen molar-refractivity contribution in [3.8, 4) is 5.75 Å². The van der Waals surface area contributed by atoms with Gasteiger partial charge < -0.3 is 9.47 Å². The van der Waals surface area contributed by atoms with Gasteiger partial charge in [0.1, 0.15) is 18.5 Å². The van der Waals surface area contributed by atoms with Gasteiger partial charge in [-0.15, -0.1) is 0 Å². The molecule has 13 heavy (non-hydrogen) atoms. The number of halogens is 2. The minimum absolute atomic E-state index is 0.298. The Kier molecular flexibility index (Phi) is 2.96. The second kappa shape index (κ2) is 4.02. The van der Waals surface area contributed by atoms with Gasteiger partial charge >= 0.3 is 0 Å². The number of hydrogen-bond acceptors (Lipinski definition) is 2. The van der Waals surface area contributed by atoms with Crippen molar-refractivity contribution in [1.29, 1.82) is 0 Å². The van der Waals surface area contributed by atoms with Crippen LogP contribution in [-0.2, 0) is 4.74 Å². The first-order chi connectivity index (χ1) is 6.25. The average molecular weight is 311 g/mol. The first-order valence-electron chi connectivity index (χ1n) is 3.95. The molecule has 1 atom stereocenters. The minimum atomic E-state index is 0.298. The fourth-order valence-corrected chi connectivity index (χ4v) is 1.97. The smallest absolute Gasteiger partial charge is 0.132 e. The third kappa shape index (κ3) is 2.72. The highest BCUT2D eigenvalue weighted by Crippen LogP contribution is 2.25. The van der Waals surface area contributed by atoms with Crippen LogP contribution < -0.4 is 4.74 Å². The zero-order chi connectivity index (χ0) is 9.26. The minimum Gasteiger partial charge on any atom is -0.490 e. The standard InChI is InChI=1S/C9H8ClIO2/c10-6-1-2-9(8(11)3-6)13-5-7-4-12-7/h1-3,7H,4-5H2/t7-/m0/s1. The molecule has 1 aliphatic rings. The van der Waals surface area contributed by atoms with Gasteiger partial charge in [-0.1, -0.05) is 11.6 Å². The lowest BCUT2D eigenvalue weighted by Crippen LogP contribution is -2.04. The Morgan fingerprint density at radius 3 is 3.00 bits per heavy atom. The molecule has 0 unspecified atom stereocenters. The molecule has 0 aromatic heterocycles. The molecule has 1 fully saturated rings. The normalized spacial score (nSPS) is 20.0. The molecule has 1 aromatic carbocycles. The Hall–Kier alpha value is -0.000000000000000111. The molecular weight excluding hydrogens is 302 g/mol. The summed E-state index contributed by atoms with van der Waals surface area (Å²) in [5, 5.41) is 0.736. The topological polar surface area (TPSA) is 21.8 Å². The first-order valence-corrected chi connectivity index (χ1v) is 5.41. The van der Waals surface area contributed by atoms with E-state index in [4.69, 9.17) is 21.1 Å². The van der Waals surface area contributed by atoms with E-state index in [1.54, 1.807) is 0 Å². The molecule has 0 spiro atoms. The molecule has 2 nitrogen and oxygen atoms in total. The predicted octanol–water partition coefficient (Wildman–Crippen LogP) is 2.72. The highest BCUT2D eigenvalue weighted by molar-refractivity contribution is 14.1. The van der Waals surface area contributed by atoms with Crippen molar-refractivity contribution in [3.63, 3.8) is 0 Å². The summed E-state index contributed by atoms with van der Waals surface area (Å²) in [6.45, 7) is 1.46. The van der Waals surface area contributed by atoms with Crippen LogP contribution in [0.3, 0.4) is 0 Å². The lowest BCUT2D eigenvalue weighted by molar-refractivity contribution is 0.261. The van der Waals surface area contributed by atoms with E-state index in [1.807, 2.05) is 18.2 Å². The molecule has 70 valence electrons. The molecule has 0 aliphatic carbocycles. The molecule has 2 rings (SSSR count). The van der Waals surface area contributed by atoms with Crippen molar-refractivity contribution < 1.29 is 9.47 Å². The number of epoxide rings is 1. The molecule has 0 N–H and O–H groups in total. The van der Waals surface area contributed by atoms with Crippen LogP contribution >= 0.6 is 34.2 Å². The van der Waals surface area contributed by atoms with E-state index < -0.39 is 0 Å². The first kappa shape index (κ1) is 9.55. The van der Waals surface area contributed by atoms with Gasteiger partial charge in [0.2, 0.25) is 0 Å². The van der Waals surface area contributed by atoms with Gasteiger partial charge in [-0.2, -0.15) is 0 Å². The molecular formula is C9H8ClIO2. The molecule has 1 heterocycles. The van der Waals surface area contributed by atoms with E-state index in [9.17, 15) is 0 Å². The monoisotopic (exact) mass is 310 g/mol. The van der Waals surface area contributed by atoms with Crippen LogP contribution in [0.25, 0.3) is 0 Å². The summed E-state index contributed by atoms with van der Waals surface area (Å²) >= 11 is 8.01. The van der Waals surface area contributed by atoms with Crippen molar-refractivity contribution in [2.45, 2.75) is 6.10 Å². The number of hydrogen-bond donors (Lipinski definition) is 0. The van der Waals surface area contributed by atoms with Gasteiger partial charge in [-0.3, -0.25) is 0 Å². The largest absolute Gasteiger partial charge is 0.490 e. The second-order valence-corrected chi connectivity index (χ2v) is 4.44. The molecule has 1 aromatic rings. The zero-order valence-electron chi connectivity index (χ0n) is 6.80. The lowest BCUT2D eigenvalue weighted by atomic mass is 10.3. The van der Waals surface area contributed by atoms with Gasteiger partial charge in [-0.25, -0.2) is 0 Å². The predicted molar refractivity (Wildman–Crippen MR) is 59.4 cm³/mol. The highest BCUT2D eigenvalue weighted by atomic mass is 127. The van der Waals surface area contributed by atoms with Gasteiger partial charge in [0.05, 0.1) is 10.2 Å². The maximum absolute atomic E-state index is 5.81. The Labute approximate surface area is 95.3 Å². The van der Waals surface area contributed by atoms with E-state index >= 15 is 0 Å². The SMILES string of the molecule is Clc1ccc(OC[C@@H]2CO2)c(I)c1. The van der Waals surface area contributed by atoms with Crippen LogP contribution in [0.5, 0.6) is 5.75 Å². The number of benzene rings is 1. The molecule has 0 amide bonds. The summed E-state index contributed by atoms with van der Waals surface area (Å²) in [5.41, 5.74) is 0. The average Bonchev–Trinajstić information content (AvgIpc) is 2.86. The molecule has 0 saturated carbocycles. The van der Waals surface area contributed by atoms with E-state index in [0.29, 0.717) is 12.7 Å². The van der Waals surface area contributed by atoms with Crippen molar-refractivity contribution in [2.75, 3.05) is 13.2 Å². The van der Waals surface area contributed by atoms with Crippen molar-refractivity contribution in [3.05, 3.63) is 26.8 Å². The Balaban J connectivity index is 2.01. The van der Waals surface area contributed by atoms with E-state index in [0.717, 1.165) is 20.9 Å². The highest BCUT2D eigenvalue weighted by Gasteiger charge is 2.23. The molecule has 4 heteroatoms. The summed E-state index contributed by atoms with van der Waals surface area (Å²) in [6, 6.07) is 5.59. The third-order valence-electron chi connectivity index (χ3n) is 1.72. The maximum Gasteiger partial charge on any atom is 0.132 e. The van der Waals surface area contributed by atoms with Crippen LogP contribution in [0.15, 0.2) is 18.2 Å². The van der Waals surface area contributed by atoms with Crippen molar-refractivity contribution in [1.82, 2.24) is 0 Å². The Morgan fingerprint density at radius 1 is 1.62 bits per heavy atom. The Bertz CT molecular complexity index is 312.